The van der Waals surface area contributed by atoms with Gasteiger partial charge in [-0.3, -0.25) is 0 Å². The van der Waals surface area contributed by atoms with E-state index in [0.29, 0.717) is 17.6 Å². The van der Waals surface area contributed by atoms with Gasteiger partial charge in [-0.05, 0) is 42.0 Å². The highest BCUT2D eigenvalue weighted by Gasteiger charge is 2.16. The molecule has 1 N–H and O–H groups in total. The SMILES string of the molecule is C=CCC(CC)C(C)c1ccc(Oc2ncc(C(=O)O)cc2F)cc1. The van der Waals surface area contributed by atoms with Gasteiger partial charge in [0.2, 0.25) is 0 Å². The Morgan fingerprint density at radius 1 is 1.40 bits per heavy atom. The van der Waals surface area contributed by atoms with Gasteiger partial charge in [0, 0.05) is 6.20 Å². The lowest BCUT2D eigenvalue weighted by molar-refractivity contribution is 0.0695. The first-order valence-electron chi connectivity index (χ1n) is 8.23. The third kappa shape index (κ3) is 4.66. The van der Waals surface area contributed by atoms with Crippen molar-refractivity contribution in [3.8, 4) is 11.6 Å². The molecule has 0 radical (unpaired) electrons. The van der Waals surface area contributed by atoms with Crippen LogP contribution in [0.5, 0.6) is 11.6 Å². The first-order valence-corrected chi connectivity index (χ1v) is 8.23. The topological polar surface area (TPSA) is 59.4 Å². The summed E-state index contributed by atoms with van der Waals surface area (Å²) in [6.07, 6.45) is 5.03. The summed E-state index contributed by atoms with van der Waals surface area (Å²) in [5.41, 5.74) is 0.956. The Labute approximate surface area is 147 Å². The fourth-order valence-electron chi connectivity index (χ4n) is 2.78. The van der Waals surface area contributed by atoms with Gasteiger partial charge in [-0.25, -0.2) is 14.2 Å². The minimum Gasteiger partial charge on any atom is -0.478 e. The predicted molar refractivity (Wildman–Crippen MR) is 94.7 cm³/mol. The van der Waals surface area contributed by atoms with E-state index in [1.54, 1.807) is 12.1 Å². The maximum absolute atomic E-state index is 13.9. The number of carbonyl (C=O) groups is 1. The number of halogens is 1. The minimum absolute atomic E-state index is 0.221. The molecule has 0 fully saturated rings. The van der Waals surface area contributed by atoms with E-state index in [9.17, 15) is 9.18 Å². The van der Waals surface area contributed by atoms with E-state index in [1.807, 2.05) is 18.2 Å². The number of carboxylic acid groups (broad SMARTS) is 1. The fourth-order valence-corrected chi connectivity index (χ4v) is 2.78. The zero-order valence-electron chi connectivity index (χ0n) is 14.4. The van der Waals surface area contributed by atoms with Gasteiger partial charge in [0.05, 0.1) is 5.56 Å². The van der Waals surface area contributed by atoms with Crippen LogP contribution in [0.15, 0.2) is 49.2 Å². The third-order valence-corrected chi connectivity index (χ3v) is 4.38. The molecule has 2 atom stereocenters. The van der Waals surface area contributed by atoms with Gasteiger partial charge in [0.25, 0.3) is 5.88 Å². The maximum atomic E-state index is 13.9. The molecule has 5 heteroatoms. The van der Waals surface area contributed by atoms with Crippen LogP contribution in [0.3, 0.4) is 0 Å². The second-order valence-electron chi connectivity index (χ2n) is 5.97. The summed E-state index contributed by atoms with van der Waals surface area (Å²) >= 11 is 0. The Morgan fingerprint density at radius 3 is 2.60 bits per heavy atom. The Bertz CT molecular complexity index is 743. The number of benzene rings is 1. The van der Waals surface area contributed by atoms with Crippen molar-refractivity contribution in [2.75, 3.05) is 0 Å². The van der Waals surface area contributed by atoms with Gasteiger partial charge in [-0.2, -0.15) is 0 Å². The molecule has 132 valence electrons. The highest BCUT2D eigenvalue weighted by atomic mass is 19.1. The van der Waals surface area contributed by atoms with Crippen molar-refractivity contribution in [2.45, 2.75) is 32.6 Å². The molecule has 0 aliphatic carbocycles. The quantitative estimate of drug-likeness (QED) is 0.650. The second-order valence-corrected chi connectivity index (χ2v) is 5.97. The largest absolute Gasteiger partial charge is 0.478 e. The Kier molecular flexibility index (Phi) is 6.28. The molecule has 1 aromatic heterocycles. The smallest absolute Gasteiger partial charge is 0.337 e. The molecule has 0 amide bonds. The van der Waals surface area contributed by atoms with Crippen LogP contribution in [0.1, 0.15) is 48.5 Å². The molecule has 0 saturated carbocycles. The molecular weight excluding hydrogens is 321 g/mol. The first-order chi connectivity index (χ1) is 12.0. The molecule has 0 aliphatic heterocycles. The number of allylic oxidation sites excluding steroid dienone is 1. The summed E-state index contributed by atoms with van der Waals surface area (Å²) < 4.78 is 19.3. The molecular formula is C20H22FNO3. The van der Waals surface area contributed by atoms with E-state index >= 15 is 0 Å². The van der Waals surface area contributed by atoms with Crippen molar-refractivity contribution in [2.24, 2.45) is 5.92 Å². The van der Waals surface area contributed by atoms with Crippen LogP contribution in [0.4, 0.5) is 4.39 Å². The van der Waals surface area contributed by atoms with Crippen molar-refractivity contribution in [3.05, 3.63) is 66.1 Å². The van der Waals surface area contributed by atoms with Gasteiger partial charge in [-0.15, -0.1) is 6.58 Å². The number of ether oxygens (including phenoxy) is 1. The number of carboxylic acids is 1. The molecule has 2 rings (SSSR count). The maximum Gasteiger partial charge on any atom is 0.337 e. The van der Waals surface area contributed by atoms with Crippen molar-refractivity contribution in [1.29, 1.82) is 0 Å². The van der Waals surface area contributed by atoms with Gasteiger partial charge in [0.15, 0.2) is 5.82 Å². The van der Waals surface area contributed by atoms with Gasteiger partial charge in [0.1, 0.15) is 5.75 Å². The zero-order valence-corrected chi connectivity index (χ0v) is 14.4. The van der Waals surface area contributed by atoms with E-state index in [0.717, 1.165) is 25.1 Å². The number of nitrogens with zero attached hydrogens (tertiary/aromatic N) is 1. The van der Waals surface area contributed by atoms with Crippen LogP contribution in [0.2, 0.25) is 0 Å². The van der Waals surface area contributed by atoms with Gasteiger partial charge < -0.3 is 9.84 Å². The molecule has 0 spiro atoms. The zero-order chi connectivity index (χ0) is 18.4. The summed E-state index contributed by atoms with van der Waals surface area (Å²) in [7, 11) is 0. The van der Waals surface area contributed by atoms with Crippen molar-refractivity contribution >= 4 is 5.97 Å². The highest BCUT2D eigenvalue weighted by molar-refractivity contribution is 5.87. The predicted octanol–water partition coefficient (Wildman–Crippen LogP) is 5.42. The average Bonchev–Trinajstić information content (AvgIpc) is 2.61. The number of hydrogen-bond acceptors (Lipinski definition) is 3. The molecule has 2 unspecified atom stereocenters. The summed E-state index contributed by atoms with van der Waals surface area (Å²) in [5, 5.41) is 8.82. The third-order valence-electron chi connectivity index (χ3n) is 4.38. The molecule has 1 heterocycles. The number of aromatic nitrogens is 1. The molecule has 25 heavy (non-hydrogen) atoms. The standard InChI is InChI=1S/C20H22FNO3/c1-4-6-14(5-2)13(3)15-7-9-17(10-8-15)25-19-18(21)11-16(12-22-19)20(23)24/h4,7-14H,1,5-6H2,2-3H3,(H,23,24). The molecule has 0 bridgehead atoms. The molecule has 0 saturated heterocycles. The van der Waals surface area contributed by atoms with Crippen molar-refractivity contribution in [3.63, 3.8) is 0 Å². The van der Waals surface area contributed by atoms with E-state index < -0.39 is 11.8 Å². The molecule has 2 aromatic rings. The number of rotatable bonds is 8. The minimum atomic E-state index is -1.23. The lowest BCUT2D eigenvalue weighted by Gasteiger charge is -2.22. The van der Waals surface area contributed by atoms with Gasteiger partial charge in [-0.1, -0.05) is 38.5 Å². The van der Waals surface area contributed by atoms with E-state index in [2.05, 4.69) is 25.4 Å². The van der Waals surface area contributed by atoms with Gasteiger partial charge >= 0.3 is 5.97 Å². The monoisotopic (exact) mass is 343 g/mol. The van der Waals surface area contributed by atoms with Crippen LogP contribution in [0.25, 0.3) is 0 Å². The number of pyridine rings is 1. The normalized spacial score (nSPS) is 13.1. The summed E-state index contributed by atoms with van der Waals surface area (Å²) in [6.45, 7) is 8.16. The lowest BCUT2D eigenvalue weighted by Crippen LogP contribution is -2.08. The molecule has 4 nitrogen and oxygen atoms in total. The average molecular weight is 343 g/mol. The number of hydrogen-bond donors (Lipinski definition) is 1. The Balaban J connectivity index is 2.12. The fraction of sp³-hybridized carbons (Fsp3) is 0.300. The van der Waals surface area contributed by atoms with E-state index in [-0.39, 0.29) is 11.4 Å². The second kappa shape index (κ2) is 8.42. The first kappa shape index (κ1) is 18.6. The molecule has 0 aliphatic rings. The number of aromatic carboxylic acids is 1. The van der Waals surface area contributed by atoms with Crippen LogP contribution in [-0.2, 0) is 0 Å². The lowest BCUT2D eigenvalue weighted by atomic mass is 9.84. The van der Waals surface area contributed by atoms with E-state index in [4.69, 9.17) is 9.84 Å². The van der Waals surface area contributed by atoms with Crippen LogP contribution in [0, 0.1) is 11.7 Å². The molecule has 1 aromatic carbocycles. The summed E-state index contributed by atoms with van der Waals surface area (Å²) in [5.74, 6) is -0.949. The summed E-state index contributed by atoms with van der Waals surface area (Å²) in [4.78, 5) is 14.5. The van der Waals surface area contributed by atoms with Crippen LogP contribution in [-0.4, -0.2) is 16.1 Å². The summed E-state index contributed by atoms with van der Waals surface area (Å²) in [6, 6.07) is 8.32. The highest BCUT2D eigenvalue weighted by Crippen LogP contribution is 2.31. The van der Waals surface area contributed by atoms with Crippen LogP contribution < -0.4 is 4.74 Å². The Hall–Kier alpha value is -2.69. The Morgan fingerprint density at radius 2 is 2.08 bits per heavy atom. The van der Waals surface area contributed by atoms with Crippen molar-refractivity contribution < 1.29 is 19.0 Å². The van der Waals surface area contributed by atoms with Crippen molar-refractivity contribution in [1.82, 2.24) is 4.98 Å². The van der Waals surface area contributed by atoms with E-state index in [1.165, 1.54) is 5.56 Å². The van der Waals surface area contributed by atoms with Crippen LogP contribution >= 0.6 is 0 Å².